The number of hydrogen-bond acceptors (Lipinski definition) is 4. The third-order valence-electron chi connectivity index (χ3n) is 2.12. The Hall–Kier alpha value is -0.420. The number of rotatable bonds is 8. The van der Waals surface area contributed by atoms with Crippen molar-refractivity contribution in [2.75, 3.05) is 12.0 Å². The molecule has 1 unspecified atom stereocenters. The van der Waals surface area contributed by atoms with Gasteiger partial charge in [-0.2, -0.15) is 0 Å². The summed E-state index contributed by atoms with van der Waals surface area (Å²) in [7, 11) is -2.94. The van der Waals surface area contributed by atoms with Crippen LogP contribution in [0.4, 0.5) is 0 Å². The zero-order chi connectivity index (χ0) is 11.9. The van der Waals surface area contributed by atoms with Gasteiger partial charge >= 0.3 is 0 Å². The number of carbonyl (C=O) groups excluding carboxylic acids is 1. The van der Waals surface area contributed by atoms with Crippen LogP contribution in [-0.2, 0) is 14.6 Å². The fraction of sp³-hybridized carbons (Fsp3) is 0.900. The first-order valence-corrected chi connectivity index (χ1v) is 7.36. The molecule has 0 aliphatic carbocycles. The molecule has 0 amide bonds. The van der Waals surface area contributed by atoms with E-state index in [0.29, 0.717) is 19.3 Å². The maximum absolute atomic E-state index is 11.3. The molecule has 0 heterocycles. The molecule has 2 N–H and O–H groups in total. The molecule has 15 heavy (non-hydrogen) atoms. The summed E-state index contributed by atoms with van der Waals surface area (Å²) in [5, 5.41) is 0. The molecule has 0 spiro atoms. The van der Waals surface area contributed by atoms with Crippen LogP contribution in [0, 0.1) is 0 Å². The quantitative estimate of drug-likeness (QED) is 0.678. The maximum atomic E-state index is 11.3. The summed E-state index contributed by atoms with van der Waals surface area (Å²) < 4.78 is 21.6. The van der Waals surface area contributed by atoms with E-state index in [-0.39, 0.29) is 17.6 Å². The molecule has 0 saturated carbocycles. The van der Waals surface area contributed by atoms with E-state index in [1.807, 2.05) is 6.92 Å². The van der Waals surface area contributed by atoms with Crippen LogP contribution in [0.1, 0.15) is 39.0 Å². The molecule has 0 radical (unpaired) electrons. The highest BCUT2D eigenvalue weighted by atomic mass is 32.2. The fourth-order valence-electron chi connectivity index (χ4n) is 1.40. The van der Waals surface area contributed by atoms with E-state index in [0.717, 1.165) is 12.8 Å². The van der Waals surface area contributed by atoms with Gasteiger partial charge in [-0.1, -0.05) is 13.3 Å². The van der Waals surface area contributed by atoms with E-state index in [2.05, 4.69) is 0 Å². The van der Waals surface area contributed by atoms with Gasteiger partial charge in [-0.3, -0.25) is 4.79 Å². The molecule has 5 heteroatoms. The molecule has 0 rings (SSSR count). The smallest absolute Gasteiger partial charge is 0.147 e. The van der Waals surface area contributed by atoms with Crippen molar-refractivity contribution in [1.82, 2.24) is 0 Å². The SMILES string of the molecule is CCCC(N)CC(=O)CCCS(C)(=O)=O. The topological polar surface area (TPSA) is 77.2 Å². The average molecular weight is 235 g/mol. The lowest BCUT2D eigenvalue weighted by Crippen LogP contribution is -2.23. The number of nitrogens with two attached hydrogens (primary N) is 1. The third kappa shape index (κ3) is 9.87. The first kappa shape index (κ1) is 14.6. The van der Waals surface area contributed by atoms with E-state index in [4.69, 9.17) is 5.73 Å². The molecule has 0 aliphatic rings. The second-order valence-corrected chi connectivity index (χ2v) is 6.28. The molecule has 0 aliphatic heterocycles. The van der Waals surface area contributed by atoms with Crippen molar-refractivity contribution >= 4 is 15.6 Å². The van der Waals surface area contributed by atoms with Crippen LogP contribution in [0.3, 0.4) is 0 Å². The molecule has 0 bridgehead atoms. The van der Waals surface area contributed by atoms with Crippen LogP contribution in [0.25, 0.3) is 0 Å². The Bertz CT molecular complexity index is 285. The maximum Gasteiger partial charge on any atom is 0.147 e. The van der Waals surface area contributed by atoms with Gasteiger partial charge in [0.1, 0.15) is 15.6 Å². The lowest BCUT2D eigenvalue weighted by molar-refractivity contribution is -0.119. The number of ketones is 1. The van der Waals surface area contributed by atoms with Gasteiger partial charge in [0.05, 0.1) is 5.75 Å². The second kappa shape index (κ2) is 6.95. The van der Waals surface area contributed by atoms with Gasteiger partial charge < -0.3 is 5.73 Å². The summed E-state index contributed by atoms with van der Waals surface area (Å²) in [6.45, 7) is 2.02. The van der Waals surface area contributed by atoms with Gasteiger partial charge in [-0.25, -0.2) is 8.42 Å². The predicted octanol–water partition coefficient (Wildman–Crippen LogP) is 0.898. The Morgan fingerprint density at radius 3 is 2.47 bits per heavy atom. The Labute approximate surface area is 92.2 Å². The molecular formula is C10H21NO3S. The summed E-state index contributed by atoms with van der Waals surface area (Å²) in [5.41, 5.74) is 5.70. The van der Waals surface area contributed by atoms with Crippen molar-refractivity contribution in [1.29, 1.82) is 0 Å². The highest BCUT2D eigenvalue weighted by Crippen LogP contribution is 2.04. The zero-order valence-corrected chi connectivity index (χ0v) is 10.3. The fourth-order valence-corrected chi connectivity index (χ4v) is 2.07. The van der Waals surface area contributed by atoms with Crippen molar-refractivity contribution in [3.05, 3.63) is 0 Å². The Morgan fingerprint density at radius 2 is 2.00 bits per heavy atom. The summed E-state index contributed by atoms with van der Waals surface area (Å²) in [6.07, 6.45) is 4.11. The zero-order valence-electron chi connectivity index (χ0n) is 9.53. The minimum absolute atomic E-state index is 0.0688. The highest BCUT2D eigenvalue weighted by Gasteiger charge is 2.10. The van der Waals surface area contributed by atoms with Crippen molar-refractivity contribution in [3.8, 4) is 0 Å². The van der Waals surface area contributed by atoms with Crippen LogP contribution in [0.15, 0.2) is 0 Å². The van der Waals surface area contributed by atoms with Crippen molar-refractivity contribution in [2.24, 2.45) is 5.73 Å². The van der Waals surface area contributed by atoms with E-state index in [9.17, 15) is 13.2 Å². The molecule has 1 atom stereocenters. The van der Waals surface area contributed by atoms with E-state index < -0.39 is 9.84 Å². The Balaban J connectivity index is 3.67. The first-order valence-electron chi connectivity index (χ1n) is 5.30. The molecule has 4 nitrogen and oxygen atoms in total. The molecule has 0 aromatic heterocycles. The number of carbonyl (C=O) groups is 1. The van der Waals surface area contributed by atoms with E-state index in [1.165, 1.54) is 6.26 Å². The Morgan fingerprint density at radius 1 is 1.40 bits per heavy atom. The monoisotopic (exact) mass is 235 g/mol. The molecular weight excluding hydrogens is 214 g/mol. The van der Waals surface area contributed by atoms with Crippen LogP contribution in [-0.4, -0.2) is 32.3 Å². The molecule has 90 valence electrons. The largest absolute Gasteiger partial charge is 0.327 e. The van der Waals surface area contributed by atoms with Crippen LogP contribution < -0.4 is 5.73 Å². The van der Waals surface area contributed by atoms with Crippen LogP contribution in [0.5, 0.6) is 0 Å². The van der Waals surface area contributed by atoms with Gasteiger partial charge in [-0.05, 0) is 12.8 Å². The Kier molecular flexibility index (Phi) is 6.76. The van der Waals surface area contributed by atoms with E-state index in [1.54, 1.807) is 0 Å². The van der Waals surface area contributed by atoms with Gasteiger partial charge in [0.25, 0.3) is 0 Å². The van der Waals surface area contributed by atoms with Crippen molar-refractivity contribution in [3.63, 3.8) is 0 Å². The third-order valence-corrected chi connectivity index (χ3v) is 3.15. The first-order chi connectivity index (χ1) is 6.85. The van der Waals surface area contributed by atoms with Gasteiger partial charge in [0.2, 0.25) is 0 Å². The van der Waals surface area contributed by atoms with Gasteiger partial charge in [0, 0.05) is 25.1 Å². The van der Waals surface area contributed by atoms with Gasteiger partial charge in [0.15, 0.2) is 0 Å². The predicted molar refractivity (Wildman–Crippen MR) is 61.5 cm³/mol. The minimum atomic E-state index is -2.94. The van der Waals surface area contributed by atoms with Crippen molar-refractivity contribution in [2.45, 2.75) is 45.1 Å². The van der Waals surface area contributed by atoms with Gasteiger partial charge in [-0.15, -0.1) is 0 Å². The molecule has 0 aromatic carbocycles. The summed E-state index contributed by atoms with van der Waals surface area (Å²) >= 11 is 0. The number of sulfone groups is 1. The standard InChI is InChI=1S/C10H21NO3S/c1-3-5-9(11)8-10(12)6-4-7-15(2,13)14/h9H,3-8,11H2,1-2H3. The summed E-state index contributed by atoms with van der Waals surface area (Å²) in [4.78, 5) is 11.3. The lowest BCUT2D eigenvalue weighted by Gasteiger charge is -2.08. The molecule has 0 aromatic rings. The molecule has 0 saturated heterocycles. The highest BCUT2D eigenvalue weighted by molar-refractivity contribution is 7.90. The van der Waals surface area contributed by atoms with Crippen molar-refractivity contribution < 1.29 is 13.2 Å². The minimum Gasteiger partial charge on any atom is -0.327 e. The summed E-state index contributed by atoms with van der Waals surface area (Å²) in [6, 6.07) is -0.0688. The van der Waals surface area contributed by atoms with E-state index >= 15 is 0 Å². The number of hydrogen-bond donors (Lipinski definition) is 1. The molecule has 0 fully saturated rings. The van der Waals surface area contributed by atoms with Crippen LogP contribution >= 0.6 is 0 Å². The number of Topliss-reactive ketones (excluding diaryl/α,β-unsaturated/α-hetero) is 1. The second-order valence-electron chi connectivity index (χ2n) is 4.02. The van der Waals surface area contributed by atoms with Crippen LogP contribution in [0.2, 0.25) is 0 Å². The average Bonchev–Trinajstić information content (AvgIpc) is 2.01. The normalized spacial score (nSPS) is 13.8. The summed E-state index contributed by atoms with van der Waals surface area (Å²) in [5.74, 6) is 0.154. The lowest BCUT2D eigenvalue weighted by atomic mass is 10.0.